The monoisotopic (exact) mass is 632 g/mol. The fourth-order valence-electron chi connectivity index (χ4n) is 10.3. The first-order chi connectivity index (χ1) is 21.3. The molecule has 0 radical (unpaired) electrons. The highest BCUT2D eigenvalue weighted by atomic mass is 16.7. The van der Waals surface area contributed by atoms with E-state index in [1.807, 2.05) is 5.43 Å². The number of amides is 2. The fourth-order valence-corrected chi connectivity index (χ4v) is 10.3. The highest BCUT2D eigenvalue weighted by Gasteiger charge is 2.60. The Balaban J connectivity index is 1.16. The Morgan fingerprint density at radius 1 is 1.07 bits per heavy atom. The molecular formula is C32H54N7O6+. The standard InChI is InChI=1S/C32H53N7O6/c1-19(40)45-21-12-14-31(2)20(18-21)8-9-22-23-10-11-27(32(23,3)15-13-24(22)31)36-28(41)26-7-5-17-38(26)29(42)25(33)6-4-16-35-30(34)37-39(43)44/h20-27H,4-18,33H2,1-3H3,(H4-,34,35,36,37,41,43,44)/p+1. The number of rotatable bonds is 9. The minimum Gasteiger partial charge on any atom is -0.463 e. The van der Waals surface area contributed by atoms with Gasteiger partial charge in [0.2, 0.25) is 11.8 Å². The third-order valence-electron chi connectivity index (χ3n) is 12.6. The number of hydrogen-bond donors (Lipinski definition) is 5. The number of nitrogens with two attached hydrogens (primary N) is 2. The number of fused-ring (bicyclic) bond motifs is 5. The molecule has 0 aromatic rings. The van der Waals surface area contributed by atoms with Crippen molar-refractivity contribution in [2.75, 3.05) is 13.1 Å². The molecule has 10 atom stereocenters. The number of hydrogen-bond acceptors (Lipinski definition) is 7. The molecule has 4 saturated carbocycles. The van der Waals surface area contributed by atoms with Crippen molar-refractivity contribution < 1.29 is 29.4 Å². The summed E-state index contributed by atoms with van der Waals surface area (Å²) in [6.07, 6.45) is 12.2. The van der Waals surface area contributed by atoms with Crippen molar-refractivity contribution in [1.82, 2.24) is 15.6 Å². The molecule has 13 heteroatoms. The molecule has 4 aliphatic carbocycles. The average Bonchev–Trinajstić information content (AvgIpc) is 3.59. The zero-order chi connectivity index (χ0) is 32.5. The Kier molecular flexibility index (Phi) is 9.96. The SMILES string of the molecule is CC(=O)OC1CCC2(C)C(CCC3C2CCC2(C)C(NC(=O)C4CCCN4C(=O)C(N)CCCN=C(N)N[N+](=O)O)CCC32)C1. The Labute approximate surface area is 266 Å². The molecule has 5 aliphatic rings. The van der Waals surface area contributed by atoms with Gasteiger partial charge in [-0.1, -0.05) is 13.8 Å². The average molecular weight is 633 g/mol. The van der Waals surface area contributed by atoms with Crippen LogP contribution < -0.4 is 22.2 Å². The second-order valence-electron chi connectivity index (χ2n) is 14.9. The Bertz CT molecular complexity index is 1180. The van der Waals surface area contributed by atoms with Gasteiger partial charge in [-0.3, -0.25) is 14.4 Å². The van der Waals surface area contributed by atoms with E-state index in [1.165, 1.54) is 26.2 Å². The number of aliphatic imine (C=N–C) groups is 1. The van der Waals surface area contributed by atoms with E-state index in [-0.39, 0.29) is 47.8 Å². The summed E-state index contributed by atoms with van der Waals surface area (Å²) in [4.78, 5) is 54.7. The largest absolute Gasteiger partial charge is 0.463 e. The fraction of sp³-hybridized carbons (Fsp3) is 0.875. The first kappa shape index (κ1) is 33.4. The van der Waals surface area contributed by atoms with Gasteiger partial charge >= 0.3 is 11.0 Å². The number of hydrazine groups is 1. The van der Waals surface area contributed by atoms with E-state index in [0.717, 1.165) is 44.9 Å². The number of carbonyl (C=O) groups excluding carboxylic acids is 3. The molecule has 5 rings (SSSR count). The number of esters is 1. The molecule has 0 aromatic carbocycles. The van der Waals surface area contributed by atoms with E-state index < -0.39 is 17.1 Å². The van der Waals surface area contributed by atoms with Crippen LogP contribution in [0.2, 0.25) is 0 Å². The molecule has 45 heavy (non-hydrogen) atoms. The maximum atomic E-state index is 13.7. The smallest absolute Gasteiger partial charge is 0.362 e. The van der Waals surface area contributed by atoms with Crippen LogP contribution in [0.1, 0.15) is 104 Å². The Morgan fingerprint density at radius 2 is 1.80 bits per heavy atom. The van der Waals surface area contributed by atoms with Crippen LogP contribution >= 0.6 is 0 Å². The van der Waals surface area contributed by atoms with Crippen LogP contribution in [0.4, 0.5) is 0 Å². The topological polar surface area (TPSA) is 192 Å². The zero-order valence-electron chi connectivity index (χ0n) is 27.2. The van der Waals surface area contributed by atoms with E-state index >= 15 is 0 Å². The molecule has 1 aliphatic heterocycles. The van der Waals surface area contributed by atoms with Gasteiger partial charge in [-0.25, -0.2) is 10.2 Å². The number of guanidine groups is 1. The van der Waals surface area contributed by atoms with Crippen molar-refractivity contribution >= 4 is 23.7 Å². The van der Waals surface area contributed by atoms with Crippen LogP contribution in [-0.2, 0) is 19.1 Å². The van der Waals surface area contributed by atoms with Crippen molar-refractivity contribution in [3.63, 3.8) is 0 Å². The van der Waals surface area contributed by atoms with Crippen molar-refractivity contribution in [2.45, 2.75) is 128 Å². The molecule has 13 nitrogen and oxygen atoms in total. The highest BCUT2D eigenvalue weighted by molar-refractivity contribution is 5.90. The minimum absolute atomic E-state index is 0.0508. The normalized spacial score (nSPS) is 38.4. The number of carbonyl (C=O) groups is 3. The van der Waals surface area contributed by atoms with E-state index in [1.54, 1.807) is 4.90 Å². The van der Waals surface area contributed by atoms with E-state index in [0.29, 0.717) is 54.9 Å². The lowest BCUT2D eigenvalue weighted by Gasteiger charge is -2.61. The van der Waals surface area contributed by atoms with Crippen LogP contribution in [0, 0.1) is 39.4 Å². The van der Waals surface area contributed by atoms with Gasteiger partial charge in [0.05, 0.1) is 6.04 Å². The zero-order valence-corrected chi connectivity index (χ0v) is 27.2. The Hall–Kier alpha value is -2.96. The van der Waals surface area contributed by atoms with Crippen molar-refractivity contribution in [1.29, 1.82) is 0 Å². The van der Waals surface area contributed by atoms with Crippen LogP contribution in [0.3, 0.4) is 0 Å². The molecule has 1 heterocycles. The Morgan fingerprint density at radius 3 is 2.53 bits per heavy atom. The first-order valence-electron chi connectivity index (χ1n) is 17.1. The summed E-state index contributed by atoms with van der Waals surface area (Å²) in [6, 6.07) is -1.16. The molecule has 1 saturated heterocycles. The van der Waals surface area contributed by atoms with Gasteiger partial charge in [-0.05, 0) is 123 Å². The number of ether oxygens (including phenoxy) is 1. The van der Waals surface area contributed by atoms with Crippen molar-refractivity contribution in [3.05, 3.63) is 4.91 Å². The predicted octanol–water partition coefficient (Wildman–Crippen LogP) is 2.53. The van der Waals surface area contributed by atoms with Crippen LogP contribution in [0.15, 0.2) is 4.99 Å². The maximum absolute atomic E-state index is 13.7. The molecular weight excluding hydrogens is 578 g/mol. The predicted molar refractivity (Wildman–Crippen MR) is 166 cm³/mol. The number of nitrogens with zero attached hydrogens (tertiary/aromatic N) is 3. The molecule has 10 unspecified atom stereocenters. The molecule has 0 aromatic heterocycles. The maximum Gasteiger partial charge on any atom is 0.362 e. The minimum atomic E-state index is -0.763. The van der Waals surface area contributed by atoms with Crippen LogP contribution in [0.25, 0.3) is 0 Å². The summed E-state index contributed by atoms with van der Waals surface area (Å²) in [7, 11) is 0. The van der Waals surface area contributed by atoms with Crippen molar-refractivity contribution in [3.8, 4) is 0 Å². The molecule has 0 bridgehead atoms. The summed E-state index contributed by atoms with van der Waals surface area (Å²) in [5.41, 5.74) is 14.0. The first-order valence-corrected chi connectivity index (χ1v) is 17.1. The molecule has 252 valence electrons. The van der Waals surface area contributed by atoms with Gasteiger partial charge in [-0.15, -0.1) is 0 Å². The second kappa shape index (κ2) is 13.4. The third kappa shape index (κ3) is 6.78. The van der Waals surface area contributed by atoms with Gasteiger partial charge in [0.1, 0.15) is 17.1 Å². The van der Waals surface area contributed by atoms with Crippen molar-refractivity contribution in [2.24, 2.45) is 51.0 Å². The van der Waals surface area contributed by atoms with Gasteiger partial charge in [0, 0.05) is 26.1 Å². The van der Waals surface area contributed by atoms with Gasteiger partial charge in [-0.2, -0.15) is 0 Å². The van der Waals surface area contributed by atoms with E-state index in [4.69, 9.17) is 21.4 Å². The lowest BCUT2D eigenvalue weighted by Crippen LogP contribution is -2.58. The molecule has 7 N–H and O–H groups in total. The van der Waals surface area contributed by atoms with E-state index in [2.05, 4.69) is 24.2 Å². The molecule has 2 amide bonds. The third-order valence-corrected chi connectivity index (χ3v) is 12.6. The van der Waals surface area contributed by atoms with Gasteiger partial charge < -0.3 is 26.4 Å². The van der Waals surface area contributed by atoms with Crippen LogP contribution in [-0.4, -0.2) is 76.2 Å². The summed E-state index contributed by atoms with van der Waals surface area (Å²) in [5, 5.41) is 11.5. The molecule has 5 fully saturated rings. The van der Waals surface area contributed by atoms with Gasteiger partial charge in [0.15, 0.2) is 0 Å². The molecule has 0 spiro atoms. The second-order valence-corrected chi connectivity index (χ2v) is 14.9. The summed E-state index contributed by atoms with van der Waals surface area (Å²) < 4.78 is 5.64. The lowest BCUT2D eigenvalue weighted by molar-refractivity contribution is -0.822. The summed E-state index contributed by atoms with van der Waals surface area (Å²) >= 11 is 0. The highest BCUT2D eigenvalue weighted by Crippen LogP contribution is 2.66. The number of nitrogens with one attached hydrogen (secondary N) is 2. The quantitative estimate of drug-likeness (QED) is 0.0835. The summed E-state index contributed by atoms with van der Waals surface area (Å²) in [6.45, 7) is 7.16. The van der Waals surface area contributed by atoms with E-state index in [9.17, 15) is 19.3 Å². The number of likely N-dealkylation sites (tertiary alicyclic amines) is 1. The van der Waals surface area contributed by atoms with Crippen LogP contribution in [0.5, 0.6) is 0 Å². The van der Waals surface area contributed by atoms with Gasteiger partial charge in [0.25, 0.3) is 5.96 Å². The lowest BCUT2D eigenvalue weighted by atomic mass is 9.45. The summed E-state index contributed by atoms with van der Waals surface area (Å²) in [5.74, 6) is 1.85.